The molecule has 1 atom stereocenters. The highest BCUT2D eigenvalue weighted by atomic mass is 19.1. The average Bonchev–Trinajstić information content (AvgIpc) is 2.53. The van der Waals surface area contributed by atoms with Gasteiger partial charge in [0.15, 0.2) is 0 Å². The summed E-state index contributed by atoms with van der Waals surface area (Å²) in [5, 5.41) is 11.7. The smallest absolute Gasteiger partial charge is 0.220 e. The van der Waals surface area contributed by atoms with Crippen LogP contribution < -0.4 is 5.32 Å². The molecule has 4 heteroatoms. The molecule has 0 saturated carbocycles. The van der Waals surface area contributed by atoms with Crippen LogP contribution in [0.25, 0.3) is 0 Å². The lowest BCUT2D eigenvalue weighted by molar-refractivity contribution is -0.121. The molecule has 0 aliphatic carbocycles. The van der Waals surface area contributed by atoms with Crippen LogP contribution in [-0.4, -0.2) is 5.91 Å². The molecule has 3 nitrogen and oxygen atoms in total. The third-order valence-electron chi connectivity index (χ3n) is 3.45. The standard InChI is InChI=1S/C18H17FN2O/c1-13(16-8-5-15(12-20)6-9-16)21-18(22)10-7-14-3-2-4-17(19)11-14/h2-6,8-9,11,13H,7,10H2,1H3,(H,21,22). The quantitative estimate of drug-likeness (QED) is 0.918. The van der Waals surface area contributed by atoms with Crippen molar-refractivity contribution in [1.82, 2.24) is 5.32 Å². The van der Waals surface area contributed by atoms with E-state index in [1.54, 1.807) is 24.3 Å². The molecule has 1 amide bonds. The number of rotatable bonds is 5. The number of carbonyl (C=O) groups excluding carboxylic acids is 1. The Morgan fingerprint density at radius 3 is 2.64 bits per heavy atom. The van der Waals surface area contributed by atoms with E-state index in [0.717, 1.165) is 11.1 Å². The molecule has 0 bridgehead atoms. The Bertz CT molecular complexity index is 689. The second kappa shape index (κ2) is 7.37. The van der Waals surface area contributed by atoms with Crippen LogP contribution >= 0.6 is 0 Å². The average molecular weight is 296 g/mol. The van der Waals surface area contributed by atoms with Crippen LogP contribution in [0, 0.1) is 17.1 Å². The van der Waals surface area contributed by atoms with E-state index in [2.05, 4.69) is 11.4 Å². The number of aryl methyl sites for hydroxylation is 1. The van der Waals surface area contributed by atoms with E-state index in [-0.39, 0.29) is 17.8 Å². The van der Waals surface area contributed by atoms with Crippen molar-refractivity contribution >= 4 is 5.91 Å². The van der Waals surface area contributed by atoms with Crippen molar-refractivity contribution in [3.8, 4) is 6.07 Å². The molecule has 0 heterocycles. The van der Waals surface area contributed by atoms with Gasteiger partial charge in [-0.1, -0.05) is 24.3 Å². The largest absolute Gasteiger partial charge is 0.350 e. The van der Waals surface area contributed by atoms with E-state index in [1.165, 1.54) is 12.1 Å². The van der Waals surface area contributed by atoms with Crippen LogP contribution in [0.15, 0.2) is 48.5 Å². The highest BCUT2D eigenvalue weighted by molar-refractivity contribution is 5.76. The number of carbonyl (C=O) groups is 1. The topological polar surface area (TPSA) is 52.9 Å². The zero-order valence-electron chi connectivity index (χ0n) is 12.3. The van der Waals surface area contributed by atoms with Gasteiger partial charge in [-0.05, 0) is 48.7 Å². The zero-order valence-corrected chi connectivity index (χ0v) is 12.3. The molecule has 1 N–H and O–H groups in total. The van der Waals surface area contributed by atoms with Crippen LogP contribution in [0.2, 0.25) is 0 Å². The summed E-state index contributed by atoms with van der Waals surface area (Å²) in [6.45, 7) is 1.89. The van der Waals surface area contributed by atoms with E-state index in [1.807, 2.05) is 19.1 Å². The molecule has 2 aromatic rings. The summed E-state index contributed by atoms with van der Waals surface area (Å²) >= 11 is 0. The number of nitrogens with zero attached hydrogens (tertiary/aromatic N) is 1. The summed E-state index contributed by atoms with van der Waals surface area (Å²) in [5.74, 6) is -0.370. The van der Waals surface area contributed by atoms with Crippen molar-refractivity contribution in [2.24, 2.45) is 0 Å². The van der Waals surface area contributed by atoms with E-state index in [9.17, 15) is 9.18 Å². The van der Waals surface area contributed by atoms with Crippen molar-refractivity contribution in [2.45, 2.75) is 25.8 Å². The monoisotopic (exact) mass is 296 g/mol. The molecular weight excluding hydrogens is 279 g/mol. The fourth-order valence-corrected chi connectivity index (χ4v) is 2.19. The van der Waals surface area contributed by atoms with Gasteiger partial charge < -0.3 is 5.32 Å². The first kappa shape index (κ1) is 15.7. The highest BCUT2D eigenvalue weighted by Crippen LogP contribution is 2.14. The first-order valence-electron chi connectivity index (χ1n) is 7.12. The molecular formula is C18H17FN2O. The minimum Gasteiger partial charge on any atom is -0.350 e. The second-order valence-electron chi connectivity index (χ2n) is 5.15. The summed E-state index contributed by atoms with van der Waals surface area (Å²) in [7, 11) is 0. The lowest BCUT2D eigenvalue weighted by Crippen LogP contribution is -2.26. The highest BCUT2D eigenvalue weighted by Gasteiger charge is 2.09. The van der Waals surface area contributed by atoms with Gasteiger partial charge in [-0.15, -0.1) is 0 Å². The summed E-state index contributed by atoms with van der Waals surface area (Å²) in [6, 6.07) is 15.3. The van der Waals surface area contributed by atoms with Crippen LogP contribution in [0.3, 0.4) is 0 Å². The van der Waals surface area contributed by atoms with Crippen molar-refractivity contribution < 1.29 is 9.18 Å². The molecule has 0 aliphatic heterocycles. The molecule has 22 heavy (non-hydrogen) atoms. The first-order chi connectivity index (χ1) is 10.6. The molecule has 0 saturated heterocycles. The Kier molecular flexibility index (Phi) is 5.26. The molecule has 1 unspecified atom stereocenters. The second-order valence-corrected chi connectivity index (χ2v) is 5.15. The third kappa shape index (κ3) is 4.42. The van der Waals surface area contributed by atoms with Gasteiger partial charge in [0, 0.05) is 6.42 Å². The van der Waals surface area contributed by atoms with Gasteiger partial charge in [0.2, 0.25) is 5.91 Å². The maximum absolute atomic E-state index is 13.1. The van der Waals surface area contributed by atoms with Crippen molar-refractivity contribution in [3.63, 3.8) is 0 Å². The minimum absolute atomic E-state index is 0.0823. The fraction of sp³-hybridized carbons (Fsp3) is 0.222. The van der Waals surface area contributed by atoms with Gasteiger partial charge >= 0.3 is 0 Å². The Balaban J connectivity index is 1.87. The van der Waals surface area contributed by atoms with E-state index in [0.29, 0.717) is 18.4 Å². The number of halogens is 1. The van der Waals surface area contributed by atoms with Crippen molar-refractivity contribution in [2.75, 3.05) is 0 Å². The maximum Gasteiger partial charge on any atom is 0.220 e. The molecule has 112 valence electrons. The van der Waals surface area contributed by atoms with Crippen LogP contribution in [-0.2, 0) is 11.2 Å². The molecule has 0 aromatic heterocycles. The summed E-state index contributed by atoms with van der Waals surface area (Å²) in [5.41, 5.74) is 2.34. The SMILES string of the molecule is CC(NC(=O)CCc1cccc(F)c1)c1ccc(C#N)cc1. The predicted octanol–water partition coefficient (Wildman–Crippen LogP) is 3.51. The number of nitrogens with one attached hydrogen (secondary N) is 1. The molecule has 0 radical (unpaired) electrons. The number of benzene rings is 2. The third-order valence-corrected chi connectivity index (χ3v) is 3.45. The number of hydrogen-bond acceptors (Lipinski definition) is 2. The molecule has 0 fully saturated rings. The van der Waals surface area contributed by atoms with E-state index in [4.69, 9.17) is 5.26 Å². The summed E-state index contributed by atoms with van der Waals surface area (Å²) < 4.78 is 13.1. The Labute approximate surface area is 129 Å². The van der Waals surface area contributed by atoms with Gasteiger partial charge in [0.1, 0.15) is 5.82 Å². The molecule has 2 aromatic carbocycles. The van der Waals surface area contributed by atoms with Crippen molar-refractivity contribution in [3.05, 3.63) is 71.0 Å². The number of nitriles is 1. The van der Waals surface area contributed by atoms with E-state index < -0.39 is 0 Å². The van der Waals surface area contributed by atoms with Crippen LogP contribution in [0.5, 0.6) is 0 Å². The van der Waals surface area contributed by atoms with Crippen LogP contribution in [0.1, 0.15) is 36.1 Å². The Morgan fingerprint density at radius 1 is 1.27 bits per heavy atom. The normalized spacial score (nSPS) is 11.5. The minimum atomic E-state index is -0.288. The van der Waals surface area contributed by atoms with Crippen LogP contribution in [0.4, 0.5) is 4.39 Å². The first-order valence-corrected chi connectivity index (χ1v) is 7.12. The Hall–Kier alpha value is -2.67. The number of amides is 1. The fourth-order valence-electron chi connectivity index (χ4n) is 2.19. The number of hydrogen-bond donors (Lipinski definition) is 1. The van der Waals surface area contributed by atoms with Gasteiger partial charge in [-0.3, -0.25) is 4.79 Å². The predicted molar refractivity (Wildman–Crippen MR) is 82.4 cm³/mol. The molecule has 2 rings (SSSR count). The maximum atomic E-state index is 13.1. The van der Waals surface area contributed by atoms with Gasteiger partial charge in [-0.2, -0.15) is 5.26 Å². The van der Waals surface area contributed by atoms with Gasteiger partial charge in [-0.25, -0.2) is 4.39 Å². The summed E-state index contributed by atoms with van der Waals surface area (Å²) in [4.78, 5) is 12.0. The molecule has 0 aliphatic rings. The van der Waals surface area contributed by atoms with Gasteiger partial charge in [0.25, 0.3) is 0 Å². The lowest BCUT2D eigenvalue weighted by atomic mass is 10.1. The molecule has 0 spiro atoms. The Morgan fingerprint density at radius 2 is 2.00 bits per heavy atom. The van der Waals surface area contributed by atoms with Gasteiger partial charge in [0.05, 0.1) is 17.7 Å². The lowest BCUT2D eigenvalue weighted by Gasteiger charge is -2.14. The van der Waals surface area contributed by atoms with E-state index >= 15 is 0 Å². The summed E-state index contributed by atoms with van der Waals surface area (Å²) in [6.07, 6.45) is 0.813. The van der Waals surface area contributed by atoms with Crippen molar-refractivity contribution in [1.29, 1.82) is 5.26 Å². The zero-order chi connectivity index (χ0) is 15.9.